The van der Waals surface area contributed by atoms with Gasteiger partial charge in [-0.3, -0.25) is 0 Å². The molecule has 4 heteroatoms. The van der Waals surface area contributed by atoms with Crippen LogP contribution in [0.3, 0.4) is 0 Å². The number of ether oxygens (including phenoxy) is 2. The van der Waals surface area contributed by atoms with Crippen LogP contribution in [0.4, 0.5) is 0 Å². The zero-order valence-electron chi connectivity index (χ0n) is 6.28. The van der Waals surface area contributed by atoms with Crippen molar-refractivity contribution in [1.29, 1.82) is 0 Å². The standard InChI is InChI=1S/C8H6N2O2/c1-5-6(10-3-9-5)2-8-7(1)11-4-12-8/h1,3H,2,4H2. The maximum atomic E-state index is 5.24. The van der Waals surface area contributed by atoms with Crippen LogP contribution in [-0.2, 0) is 9.47 Å². The van der Waals surface area contributed by atoms with E-state index in [1.165, 1.54) is 0 Å². The number of rotatable bonds is 0. The fourth-order valence-corrected chi connectivity index (χ4v) is 1.41. The Kier molecular flexibility index (Phi) is 0.983. The second-order valence-electron chi connectivity index (χ2n) is 2.72. The fourth-order valence-electron chi connectivity index (χ4n) is 1.41. The van der Waals surface area contributed by atoms with E-state index in [0.29, 0.717) is 13.2 Å². The smallest absolute Gasteiger partial charge is 0.230 e. The molecule has 3 rings (SSSR count). The van der Waals surface area contributed by atoms with Gasteiger partial charge >= 0.3 is 0 Å². The molecule has 0 N–H and O–H groups in total. The van der Waals surface area contributed by atoms with E-state index in [9.17, 15) is 0 Å². The Balaban J connectivity index is 2.08. The third-order valence-corrected chi connectivity index (χ3v) is 2.02. The van der Waals surface area contributed by atoms with Crippen LogP contribution in [0, 0.1) is 0 Å². The van der Waals surface area contributed by atoms with E-state index >= 15 is 0 Å². The van der Waals surface area contributed by atoms with Gasteiger partial charge in [0.2, 0.25) is 6.79 Å². The summed E-state index contributed by atoms with van der Waals surface area (Å²) in [5, 5.41) is 0. The predicted molar refractivity (Wildman–Crippen MR) is 42.7 cm³/mol. The molecule has 0 fully saturated rings. The molecule has 12 heavy (non-hydrogen) atoms. The molecular weight excluding hydrogens is 156 g/mol. The van der Waals surface area contributed by atoms with E-state index in [-0.39, 0.29) is 0 Å². The van der Waals surface area contributed by atoms with Gasteiger partial charge in [-0.2, -0.15) is 0 Å². The third kappa shape index (κ3) is 0.664. The molecule has 60 valence electrons. The van der Waals surface area contributed by atoms with Crippen molar-refractivity contribution in [3.63, 3.8) is 0 Å². The van der Waals surface area contributed by atoms with Crippen LogP contribution in [-0.4, -0.2) is 18.8 Å². The van der Waals surface area contributed by atoms with Crippen LogP contribution in [0.5, 0.6) is 0 Å². The second kappa shape index (κ2) is 1.97. The highest BCUT2D eigenvalue weighted by atomic mass is 16.7. The van der Waals surface area contributed by atoms with Gasteiger partial charge in [0.15, 0.2) is 5.76 Å². The summed E-state index contributed by atoms with van der Waals surface area (Å²) in [6.07, 6.45) is 4.14. The van der Waals surface area contributed by atoms with Crippen LogP contribution < -0.4 is 0 Å². The van der Waals surface area contributed by atoms with Gasteiger partial charge < -0.3 is 9.47 Å². The first-order valence-corrected chi connectivity index (χ1v) is 3.73. The maximum Gasteiger partial charge on any atom is 0.230 e. The van der Waals surface area contributed by atoms with Crippen molar-refractivity contribution < 1.29 is 9.47 Å². The first kappa shape index (κ1) is 5.99. The van der Waals surface area contributed by atoms with E-state index in [4.69, 9.17) is 9.47 Å². The second-order valence-corrected chi connectivity index (χ2v) is 2.72. The van der Waals surface area contributed by atoms with Crippen molar-refractivity contribution in [3.05, 3.63) is 23.3 Å². The van der Waals surface area contributed by atoms with Crippen molar-refractivity contribution in [2.75, 3.05) is 6.79 Å². The number of fused-ring (bicyclic) bond motifs is 1. The summed E-state index contributed by atoms with van der Waals surface area (Å²) in [6, 6.07) is 0. The molecule has 3 aliphatic rings. The van der Waals surface area contributed by atoms with E-state index in [0.717, 1.165) is 22.9 Å². The molecule has 4 nitrogen and oxygen atoms in total. The van der Waals surface area contributed by atoms with Gasteiger partial charge in [0.1, 0.15) is 12.1 Å². The van der Waals surface area contributed by atoms with Crippen LogP contribution in [0.15, 0.2) is 33.3 Å². The van der Waals surface area contributed by atoms with Crippen molar-refractivity contribution in [2.45, 2.75) is 6.42 Å². The predicted octanol–water partition coefficient (Wildman–Crippen LogP) is 0.973. The van der Waals surface area contributed by atoms with E-state index in [1.807, 2.05) is 6.08 Å². The highest BCUT2D eigenvalue weighted by Gasteiger charge is 2.26. The normalized spacial score (nSPS) is 24.0. The van der Waals surface area contributed by atoms with Gasteiger partial charge in [0.05, 0.1) is 17.8 Å². The highest BCUT2D eigenvalue weighted by molar-refractivity contribution is 6.09. The Labute approximate surface area is 68.9 Å². The summed E-state index contributed by atoms with van der Waals surface area (Å²) in [6.45, 7) is 0.325. The molecule has 0 aromatic heterocycles. The quantitative estimate of drug-likeness (QED) is 0.532. The number of allylic oxidation sites excluding steroid dienone is 3. The Morgan fingerprint density at radius 2 is 2.33 bits per heavy atom. The molecule has 0 amide bonds. The Bertz CT molecular complexity index is 363. The Morgan fingerprint density at radius 3 is 3.33 bits per heavy atom. The van der Waals surface area contributed by atoms with E-state index in [2.05, 4.69) is 9.98 Å². The minimum absolute atomic E-state index is 0.325. The zero-order chi connectivity index (χ0) is 7.97. The first-order valence-electron chi connectivity index (χ1n) is 3.73. The number of aliphatic imine (C=N–C) groups is 2. The first-order chi connectivity index (χ1) is 5.93. The fraction of sp³-hybridized carbons (Fsp3) is 0.250. The van der Waals surface area contributed by atoms with E-state index < -0.39 is 0 Å². The summed E-state index contributed by atoms with van der Waals surface area (Å²) in [7, 11) is 0. The van der Waals surface area contributed by atoms with Crippen molar-refractivity contribution >= 4 is 12.1 Å². The molecule has 0 bridgehead atoms. The number of nitrogens with zero attached hydrogens (tertiary/aromatic N) is 2. The lowest BCUT2D eigenvalue weighted by Gasteiger charge is -2.07. The van der Waals surface area contributed by atoms with Gasteiger partial charge in [-0.1, -0.05) is 0 Å². The maximum absolute atomic E-state index is 5.24. The molecule has 0 saturated heterocycles. The molecule has 2 heterocycles. The van der Waals surface area contributed by atoms with Gasteiger partial charge in [0, 0.05) is 6.08 Å². The minimum Gasteiger partial charge on any atom is -0.458 e. The van der Waals surface area contributed by atoms with Crippen LogP contribution in [0.1, 0.15) is 6.42 Å². The van der Waals surface area contributed by atoms with Crippen molar-refractivity contribution in [2.24, 2.45) is 9.98 Å². The Morgan fingerprint density at radius 1 is 1.33 bits per heavy atom. The molecule has 0 spiro atoms. The van der Waals surface area contributed by atoms with Gasteiger partial charge in [-0.25, -0.2) is 9.98 Å². The average molecular weight is 162 g/mol. The molecule has 0 saturated carbocycles. The van der Waals surface area contributed by atoms with Crippen molar-refractivity contribution in [3.8, 4) is 0 Å². The van der Waals surface area contributed by atoms with Gasteiger partial charge in [-0.05, 0) is 0 Å². The topological polar surface area (TPSA) is 43.2 Å². The minimum atomic E-state index is 0.325. The van der Waals surface area contributed by atoms with Crippen LogP contribution in [0.25, 0.3) is 0 Å². The number of hydrogen-bond acceptors (Lipinski definition) is 4. The summed E-state index contributed by atoms with van der Waals surface area (Å²) in [5.74, 6) is 1.69. The molecule has 2 aliphatic heterocycles. The van der Waals surface area contributed by atoms with E-state index in [1.54, 1.807) is 6.34 Å². The largest absolute Gasteiger partial charge is 0.458 e. The lowest BCUT2D eigenvalue weighted by atomic mass is 10.1. The monoisotopic (exact) mass is 162 g/mol. The number of hydrogen-bond donors (Lipinski definition) is 0. The van der Waals surface area contributed by atoms with Gasteiger partial charge in [-0.15, -0.1) is 0 Å². The van der Waals surface area contributed by atoms with Crippen molar-refractivity contribution in [1.82, 2.24) is 0 Å². The molecule has 0 aromatic rings. The molecular formula is C8H6N2O2. The van der Waals surface area contributed by atoms with Crippen LogP contribution >= 0.6 is 0 Å². The summed E-state index contributed by atoms with van der Waals surface area (Å²) in [4.78, 5) is 8.19. The molecule has 0 radical (unpaired) electrons. The van der Waals surface area contributed by atoms with Gasteiger partial charge in [0.25, 0.3) is 0 Å². The average Bonchev–Trinajstić information content (AvgIpc) is 2.64. The summed E-state index contributed by atoms with van der Waals surface area (Å²) >= 11 is 0. The zero-order valence-corrected chi connectivity index (χ0v) is 6.28. The highest BCUT2D eigenvalue weighted by Crippen LogP contribution is 2.29. The third-order valence-electron chi connectivity index (χ3n) is 2.02. The lowest BCUT2D eigenvalue weighted by molar-refractivity contribution is 0.0741. The SMILES string of the molecule is C1=NC2=CC3=C(CC2=N1)OCO3. The molecule has 0 aromatic carbocycles. The molecule has 1 aliphatic carbocycles. The molecule has 0 unspecified atom stereocenters. The van der Waals surface area contributed by atoms with Crippen LogP contribution in [0.2, 0.25) is 0 Å². The molecule has 0 atom stereocenters. The summed E-state index contributed by atoms with van der Waals surface area (Å²) in [5.41, 5.74) is 1.87. The summed E-state index contributed by atoms with van der Waals surface area (Å²) < 4.78 is 10.5. The lowest BCUT2D eigenvalue weighted by Crippen LogP contribution is -2.05. The Hall–Kier alpha value is -1.58.